The van der Waals surface area contributed by atoms with Gasteiger partial charge in [0.05, 0.1) is 13.3 Å². The highest BCUT2D eigenvalue weighted by molar-refractivity contribution is 5.91. The minimum Gasteiger partial charge on any atom is -0.477 e. The molecule has 23 heavy (non-hydrogen) atoms. The van der Waals surface area contributed by atoms with E-state index >= 15 is 0 Å². The zero-order valence-electron chi connectivity index (χ0n) is 12.8. The second-order valence-electron chi connectivity index (χ2n) is 5.31. The number of hydrogen-bond donors (Lipinski definition) is 1. The van der Waals surface area contributed by atoms with Crippen molar-refractivity contribution in [3.8, 4) is 11.8 Å². The molecule has 8 heteroatoms. The lowest BCUT2D eigenvalue weighted by Gasteiger charge is -2.29. The van der Waals surface area contributed by atoms with E-state index in [1.165, 1.54) is 13.3 Å². The quantitative estimate of drug-likeness (QED) is 0.893. The van der Waals surface area contributed by atoms with Crippen LogP contribution < -0.4 is 14.8 Å². The van der Waals surface area contributed by atoms with E-state index in [2.05, 4.69) is 20.4 Å². The van der Waals surface area contributed by atoms with Crippen LogP contribution in [0.4, 0.5) is 0 Å². The highest BCUT2D eigenvalue weighted by Gasteiger charge is 2.26. The summed E-state index contributed by atoms with van der Waals surface area (Å²) in [5.74, 6) is 0.785. The summed E-state index contributed by atoms with van der Waals surface area (Å²) in [6.45, 7) is 0. The Labute approximate surface area is 133 Å². The van der Waals surface area contributed by atoms with Crippen molar-refractivity contribution < 1.29 is 18.8 Å². The zero-order valence-corrected chi connectivity index (χ0v) is 12.8. The first-order valence-corrected chi connectivity index (χ1v) is 7.49. The molecule has 2 aromatic rings. The van der Waals surface area contributed by atoms with Crippen molar-refractivity contribution in [2.75, 3.05) is 7.11 Å². The molecule has 0 aromatic carbocycles. The molecule has 0 bridgehead atoms. The molecule has 2 aromatic heterocycles. The monoisotopic (exact) mass is 318 g/mol. The van der Waals surface area contributed by atoms with Crippen LogP contribution in [0.3, 0.4) is 0 Å². The van der Waals surface area contributed by atoms with Gasteiger partial charge in [-0.2, -0.15) is 0 Å². The van der Waals surface area contributed by atoms with Crippen LogP contribution >= 0.6 is 0 Å². The molecule has 0 atom stereocenters. The fourth-order valence-corrected chi connectivity index (χ4v) is 2.61. The normalized spacial score (nSPS) is 20.7. The van der Waals surface area contributed by atoms with Crippen molar-refractivity contribution in [3.63, 3.8) is 0 Å². The molecule has 0 aliphatic heterocycles. The largest absolute Gasteiger partial charge is 0.477 e. The number of ether oxygens (including phenoxy) is 2. The lowest BCUT2D eigenvalue weighted by Crippen LogP contribution is -2.39. The summed E-state index contributed by atoms with van der Waals surface area (Å²) in [7, 11) is 1.53. The Bertz CT molecular complexity index is 639. The van der Waals surface area contributed by atoms with Crippen LogP contribution in [0.15, 0.2) is 29.2 Å². The number of nitrogens with one attached hydrogen (secondary N) is 1. The lowest BCUT2D eigenvalue weighted by atomic mass is 9.93. The van der Waals surface area contributed by atoms with E-state index in [1.54, 1.807) is 18.5 Å². The van der Waals surface area contributed by atoms with Gasteiger partial charge in [0.15, 0.2) is 0 Å². The highest BCUT2D eigenvalue weighted by Crippen LogP contribution is 2.27. The number of nitrogens with zero attached hydrogens (tertiary/aromatic N) is 3. The van der Waals surface area contributed by atoms with E-state index < -0.39 is 0 Å². The smallest absolute Gasteiger partial charge is 0.290 e. The Hall–Kier alpha value is -2.64. The molecule has 1 fully saturated rings. The van der Waals surface area contributed by atoms with Gasteiger partial charge in [-0.1, -0.05) is 5.16 Å². The van der Waals surface area contributed by atoms with Crippen LogP contribution in [-0.4, -0.2) is 40.3 Å². The van der Waals surface area contributed by atoms with E-state index in [0.717, 1.165) is 25.7 Å². The molecule has 3 rings (SSSR count). The Balaban J connectivity index is 1.49. The van der Waals surface area contributed by atoms with E-state index in [0.29, 0.717) is 11.8 Å². The summed E-state index contributed by atoms with van der Waals surface area (Å²) in [5, 5.41) is 6.48. The molecule has 122 valence electrons. The molecule has 1 amide bonds. The van der Waals surface area contributed by atoms with Crippen LogP contribution in [0.2, 0.25) is 0 Å². The van der Waals surface area contributed by atoms with Crippen LogP contribution in [0.1, 0.15) is 36.2 Å². The van der Waals surface area contributed by atoms with Gasteiger partial charge >= 0.3 is 0 Å². The number of carbonyl (C=O) groups excluding carboxylic acids is 1. The summed E-state index contributed by atoms with van der Waals surface area (Å²) in [6.07, 6.45) is 7.91. The third-order valence-corrected chi connectivity index (χ3v) is 3.78. The Morgan fingerprint density at radius 3 is 2.57 bits per heavy atom. The first-order valence-electron chi connectivity index (χ1n) is 7.49. The number of methoxy groups -OCH3 is 1. The van der Waals surface area contributed by atoms with E-state index in [1.807, 2.05) is 0 Å². The predicted octanol–water partition coefficient (Wildman–Crippen LogP) is 1.59. The second-order valence-corrected chi connectivity index (χ2v) is 5.31. The predicted molar refractivity (Wildman–Crippen MR) is 79.2 cm³/mol. The zero-order chi connectivity index (χ0) is 16.1. The fraction of sp³-hybridized carbons (Fsp3) is 0.467. The SMILES string of the molecule is COc1nccnc1OC1CCC(NC(=O)c2ccno2)CC1. The standard InChI is InChI=1S/C15H18N4O4/c1-21-14-15(17-9-8-16-14)22-11-4-2-10(3-5-11)19-13(20)12-6-7-18-23-12/h6-11H,2-5H2,1H3,(H,19,20). The number of rotatable bonds is 5. The van der Waals surface area contributed by atoms with Crippen molar-refractivity contribution in [3.05, 3.63) is 30.4 Å². The third kappa shape index (κ3) is 3.77. The lowest BCUT2D eigenvalue weighted by molar-refractivity contribution is 0.0851. The maximum Gasteiger partial charge on any atom is 0.290 e. The maximum atomic E-state index is 11.9. The number of carbonyl (C=O) groups is 1. The first-order chi connectivity index (χ1) is 11.3. The van der Waals surface area contributed by atoms with Crippen molar-refractivity contribution in [1.82, 2.24) is 20.4 Å². The van der Waals surface area contributed by atoms with Crippen LogP contribution in [0.5, 0.6) is 11.8 Å². The van der Waals surface area contributed by atoms with Gasteiger partial charge in [-0.05, 0) is 25.7 Å². The summed E-state index contributed by atoms with van der Waals surface area (Å²) in [6, 6.07) is 1.65. The summed E-state index contributed by atoms with van der Waals surface area (Å²) in [5.41, 5.74) is 0. The minimum absolute atomic E-state index is 0.0408. The Morgan fingerprint density at radius 2 is 1.91 bits per heavy atom. The van der Waals surface area contributed by atoms with Crippen molar-refractivity contribution in [2.24, 2.45) is 0 Å². The average molecular weight is 318 g/mol. The molecule has 1 aliphatic carbocycles. The van der Waals surface area contributed by atoms with Gasteiger partial charge in [-0.15, -0.1) is 0 Å². The Kier molecular flexibility index (Phi) is 4.70. The van der Waals surface area contributed by atoms with Gasteiger partial charge in [0, 0.05) is 24.5 Å². The average Bonchev–Trinajstić information content (AvgIpc) is 3.12. The molecule has 0 radical (unpaired) electrons. The summed E-state index contributed by atoms with van der Waals surface area (Å²) >= 11 is 0. The minimum atomic E-state index is -0.234. The summed E-state index contributed by atoms with van der Waals surface area (Å²) < 4.78 is 15.8. The molecule has 0 saturated heterocycles. The van der Waals surface area contributed by atoms with Crippen LogP contribution in [-0.2, 0) is 0 Å². The first kappa shape index (κ1) is 15.3. The third-order valence-electron chi connectivity index (χ3n) is 3.78. The van der Waals surface area contributed by atoms with Gasteiger partial charge < -0.3 is 19.3 Å². The van der Waals surface area contributed by atoms with Gasteiger partial charge in [0.25, 0.3) is 17.7 Å². The number of aromatic nitrogens is 3. The summed E-state index contributed by atoms with van der Waals surface area (Å²) in [4.78, 5) is 20.1. The molecule has 1 aliphatic rings. The molecular weight excluding hydrogens is 300 g/mol. The highest BCUT2D eigenvalue weighted by atomic mass is 16.5. The Morgan fingerprint density at radius 1 is 1.17 bits per heavy atom. The molecule has 8 nitrogen and oxygen atoms in total. The molecular formula is C15H18N4O4. The molecule has 1 N–H and O–H groups in total. The molecule has 1 saturated carbocycles. The van der Waals surface area contributed by atoms with Crippen LogP contribution in [0, 0.1) is 0 Å². The molecule has 2 heterocycles. The number of amides is 1. The van der Waals surface area contributed by atoms with Crippen molar-refractivity contribution in [1.29, 1.82) is 0 Å². The van der Waals surface area contributed by atoms with Gasteiger partial charge in [-0.25, -0.2) is 9.97 Å². The van der Waals surface area contributed by atoms with E-state index in [-0.39, 0.29) is 23.8 Å². The topological polar surface area (TPSA) is 99.4 Å². The second kappa shape index (κ2) is 7.08. The van der Waals surface area contributed by atoms with Crippen LogP contribution in [0.25, 0.3) is 0 Å². The van der Waals surface area contributed by atoms with E-state index in [9.17, 15) is 4.79 Å². The molecule has 0 spiro atoms. The van der Waals surface area contributed by atoms with Gasteiger partial charge in [0.1, 0.15) is 6.10 Å². The van der Waals surface area contributed by atoms with Crippen molar-refractivity contribution >= 4 is 5.91 Å². The van der Waals surface area contributed by atoms with Gasteiger partial charge in [0.2, 0.25) is 5.76 Å². The maximum absolute atomic E-state index is 11.9. The number of hydrogen-bond acceptors (Lipinski definition) is 7. The molecule has 0 unspecified atom stereocenters. The van der Waals surface area contributed by atoms with E-state index in [4.69, 9.17) is 14.0 Å². The fourth-order valence-electron chi connectivity index (χ4n) is 2.61. The van der Waals surface area contributed by atoms with Crippen molar-refractivity contribution in [2.45, 2.75) is 37.8 Å². The van der Waals surface area contributed by atoms with Gasteiger partial charge in [-0.3, -0.25) is 4.79 Å².